The molecule has 3 aromatic rings. The van der Waals surface area contributed by atoms with Crippen LogP contribution in [-0.2, 0) is 16.0 Å². The molecule has 0 aliphatic heterocycles. The van der Waals surface area contributed by atoms with E-state index in [1.54, 1.807) is 59.5 Å². The fourth-order valence-electron chi connectivity index (χ4n) is 2.42. The Labute approximate surface area is 166 Å². The van der Waals surface area contributed by atoms with E-state index in [4.69, 9.17) is 10.00 Å². The van der Waals surface area contributed by atoms with Crippen LogP contribution in [0.1, 0.15) is 5.56 Å². The van der Waals surface area contributed by atoms with E-state index in [1.165, 1.54) is 6.33 Å². The number of amides is 2. The number of rotatable bonds is 8. The van der Waals surface area contributed by atoms with E-state index in [-0.39, 0.29) is 19.1 Å². The van der Waals surface area contributed by atoms with Crippen LogP contribution >= 0.6 is 0 Å². The first-order valence-electron chi connectivity index (χ1n) is 8.74. The van der Waals surface area contributed by atoms with Gasteiger partial charge in [0.25, 0.3) is 5.91 Å². The Bertz CT molecular complexity index is 992. The van der Waals surface area contributed by atoms with Gasteiger partial charge in [0.1, 0.15) is 18.4 Å². The number of nitrogens with zero attached hydrogens (tertiary/aromatic N) is 4. The molecule has 0 aliphatic rings. The van der Waals surface area contributed by atoms with Gasteiger partial charge in [-0.25, -0.2) is 9.67 Å². The number of hydrogen-bond donors (Lipinski definition) is 2. The van der Waals surface area contributed by atoms with Gasteiger partial charge in [-0.1, -0.05) is 12.1 Å². The molecule has 1 aromatic heterocycles. The van der Waals surface area contributed by atoms with E-state index >= 15 is 0 Å². The number of nitriles is 1. The third-order valence-electron chi connectivity index (χ3n) is 3.86. The molecule has 0 unspecified atom stereocenters. The lowest BCUT2D eigenvalue weighted by Gasteiger charge is -2.09. The molecule has 2 amide bonds. The summed E-state index contributed by atoms with van der Waals surface area (Å²) in [4.78, 5) is 27.7. The van der Waals surface area contributed by atoms with E-state index in [2.05, 4.69) is 26.8 Å². The first-order chi connectivity index (χ1) is 14.1. The van der Waals surface area contributed by atoms with E-state index in [1.807, 2.05) is 0 Å². The van der Waals surface area contributed by atoms with Crippen LogP contribution in [-0.4, -0.2) is 39.7 Å². The number of benzene rings is 2. The summed E-state index contributed by atoms with van der Waals surface area (Å²) in [7, 11) is 0. The average Bonchev–Trinajstić information content (AvgIpc) is 3.27. The molecule has 0 spiro atoms. The van der Waals surface area contributed by atoms with Crippen LogP contribution in [0.3, 0.4) is 0 Å². The summed E-state index contributed by atoms with van der Waals surface area (Å²) in [6.07, 6.45) is 3.33. The van der Waals surface area contributed by atoms with Gasteiger partial charge < -0.3 is 15.4 Å². The second-order valence-corrected chi connectivity index (χ2v) is 5.98. The van der Waals surface area contributed by atoms with E-state index in [0.29, 0.717) is 17.9 Å². The number of hydrogen-bond acceptors (Lipinski definition) is 6. The zero-order chi connectivity index (χ0) is 20.5. The van der Waals surface area contributed by atoms with Crippen LogP contribution in [0.15, 0.2) is 61.2 Å². The summed E-state index contributed by atoms with van der Waals surface area (Å²) < 4.78 is 6.96. The first kappa shape index (κ1) is 19.6. The van der Waals surface area contributed by atoms with Crippen molar-refractivity contribution in [1.82, 2.24) is 20.1 Å². The van der Waals surface area contributed by atoms with Gasteiger partial charge in [0, 0.05) is 5.69 Å². The number of carbonyl (C=O) groups excluding carboxylic acids is 2. The van der Waals surface area contributed by atoms with Crippen molar-refractivity contribution < 1.29 is 14.3 Å². The molecule has 0 aliphatic carbocycles. The van der Waals surface area contributed by atoms with Crippen molar-refractivity contribution in [2.45, 2.75) is 6.42 Å². The molecule has 1 heterocycles. The summed E-state index contributed by atoms with van der Waals surface area (Å²) >= 11 is 0. The Kier molecular flexibility index (Phi) is 6.52. The minimum atomic E-state index is -0.414. The summed E-state index contributed by atoms with van der Waals surface area (Å²) in [5.74, 6) is -0.255. The third-order valence-corrected chi connectivity index (χ3v) is 3.86. The zero-order valence-corrected chi connectivity index (χ0v) is 15.4. The van der Waals surface area contributed by atoms with Crippen LogP contribution in [0.4, 0.5) is 5.69 Å². The predicted molar refractivity (Wildman–Crippen MR) is 104 cm³/mol. The van der Waals surface area contributed by atoms with Crippen molar-refractivity contribution in [3.05, 3.63) is 66.7 Å². The quantitative estimate of drug-likeness (QED) is 0.601. The van der Waals surface area contributed by atoms with E-state index < -0.39 is 5.91 Å². The average molecular weight is 390 g/mol. The van der Waals surface area contributed by atoms with Crippen LogP contribution in [0.2, 0.25) is 0 Å². The molecular formula is C20H18N6O3. The molecule has 9 nitrogen and oxygen atoms in total. The molecule has 0 saturated carbocycles. The minimum absolute atomic E-state index is 0.172. The van der Waals surface area contributed by atoms with Gasteiger partial charge >= 0.3 is 0 Å². The number of anilines is 1. The highest BCUT2D eigenvalue weighted by atomic mass is 16.5. The summed E-state index contributed by atoms with van der Waals surface area (Å²) in [5, 5.41) is 17.9. The largest absolute Gasteiger partial charge is 0.484 e. The summed E-state index contributed by atoms with van der Waals surface area (Å²) in [5.41, 5.74) is 2.28. The smallest absolute Gasteiger partial charge is 0.258 e. The molecule has 0 atom stereocenters. The van der Waals surface area contributed by atoms with E-state index in [0.717, 1.165) is 11.3 Å². The standard InChI is InChI=1S/C20H18N6O3/c21-10-9-15-1-7-18(8-2-15)29-12-20(28)23-11-19(27)25-16-3-5-17(6-4-16)26-14-22-13-24-26/h1-8,13-14H,9,11-12H2,(H,23,28)(H,25,27). The van der Waals surface area contributed by atoms with Crippen LogP contribution in [0.5, 0.6) is 5.75 Å². The van der Waals surface area contributed by atoms with Crippen LogP contribution in [0, 0.1) is 11.3 Å². The topological polar surface area (TPSA) is 122 Å². The van der Waals surface area contributed by atoms with Crippen molar-refractivity contribution in [1.29, 1.82) is 5.26 Å². The van der Waals surface area contributed by atoms with Gasteiger partial charge in [0.15, 0.2) is 6.61 Å². The molecule has 146 valence electrons. The molecule has 29 heavy (non-hydrogen) atoms. The van der Waals surface area contributed by atoms with Gasteiger partial charge in [0.05, 0.1) is 24.7 Å². The number of ether oxygens (including phenoxy) is 1. The fraction of sp³-hybridized carbons (Fsp3) is 0.150. The molecule has 2 aromatic carbocycles. The number of aromatic nitrogens is 3. The highest BCUT2D eigenvalue weighted by molar-refractivity contribution is 5.94. The molecule has 0 radical (unpaired) electrons. The lowest BCUT2D eigenvalue weighted by Crippen LogP contribution is -2.35. The second-order valence-electron chi connectivity index (χ2n) is 5.98. The summed E-state index contributed by atoms with van der Waals surface area (Å²) in [6, 6.07) is 16.0. The van der Waals surface area contributed by atoms with Crippen LogP contribution < -0.4 is 15.4 Å². The van der Waals surface area contributed by atoms with Gasteiger partial charge in [0.2, 0.25) is 5.91 Å². The molecule has 3 rings (SSSR count). The van der Waals surface area contributed by atoms with Gasteiger partial charge in [-0.15, -0.1) is 0 Å². The molecule has 0 saturated heterocycles. The Morgan fingerprint density at radius 2 is 1.83 bits per heavy atom. The van der Waals surface area contributed by atoms with Crippen molar-refractivity contribution in [3.63, 3.8) is 0 Å². The van der Waals surface area contributed by atoms with Gasteiger partial charge in [-0.2, -0.15) is 10.4 Å². The predicted octanol–water partition coefficient (Wildman–Crippen LogP) is 1.47. The highest BCUT2D eigenvalue weighted by Crippen LogP contribution is 2.13. The Morgan fingerprint density at radius 3 is 2.48 bits per heavy atom. The maximum Gasteiger partial charge on any atom is 0.258 e. The SMILES string of the molecule is N#CCc1ccc(OCC(=O)NCC(=O)Nc2ccc(-n3cncn3)cc2)cc1. The van der Waals surface area contributed by atoms with E-state index in [9.17, 15) is 9.59 Å². The second kappa shape index (κ2) is 9.66. The first-order valence-corrected chi connectivity index (χ1v) is 8.74. The Hall–Kier alpha value is -4.19. The van der Waals surface area contributed by atoms with Gasteiger partial charge in [-0.05, 0) is 42.0 Å². The Morgan fingerprint density at radius 1 is 1.07 bits per heavy atom. The molecular weight excluding hydrogens is 372 g/mol. The molecule has 2 N–H and O–H groups in total. The lowest BCUT2D eigenvalue weighted by molar-refractivity contribution is -0.125. The number of carbonyl (C=O) groups is 2. The minimum Gasteiger partial charge on any atom is -0.484 e. The van der Waals surface area contributed by atoms with Crippen molar-refractivity contribution in [2.24, 2.45) is 0 Å². The number of nitrogens with one attached hydrogen (secondary N) is 2. The molecule has 9 heteroatoms. The third kappa shape index (κ3) is 5.90. The fourth-order valence-corrected chi connectivity index (χ4v) is 2.42. The molecule has 0 fully saturated rings. The highest BCUT2D eigenvalue weighted by Gasteiger charge is 2.07. The maximum atomic E-state index is 12.0. The van der Waals surface area contributed by atoms with Crippen molar-refractivity contribution >= 4 is 17.5 Å². The van der Waals surface area contributed by atoms with Crippen molar-refractivity contribution in [3.8, 4) is 17.5 Å². The lowest BCUT2D eigenvalue weighted by atomic mass is 10.2. The monoisotopic (exact) mass is 390 g/mol. The summed E-state index contributed by atoms with van der Waals surface area (Å²) in [6.45, 7) is -0.383. The van der Waals surface area contributed by atoms with Crippen molar-refractivity contribution in [2.75, 3.05) is 18.5 Å². The van der Waals surface area contributed by atoms with Gasteiger partial charge in [-0.3, -0.25) is 9.59 Å². The maximum absolute atomic E-state index is 12.0. The molecule has 0 bridgehead atoms. The normalized spacial score (nSPS) is 10.0. The van der Waals surface area contributed by atoms with Crippen LogP contribution in [0.25, 0.3) is 5.69 Å². The zero-order valence-electron chi connectivity index (χ0n) is 15.4. The Balaban J connectivity index is 1.39.